The molecule has 1 aromatic rings. The summed E-state index contributed by atoms with van der Waals surface area (Å²) in [6.07, 6.45) is -13.6. The minimum Gasteiger partial charge on any atom is -0.463 e. The van der Waals surface area contributed by atoms with Gasteiger partial charge >= 0.3 is 47.8 Å². The SMILES string of the molecule is C=Cc1cc(O[C@@H]2O[C@H](COC(C)=O)[C@H](OC(C)=O)[C@H](OC(C)=O)[C@H]2OC(C)=O)cc(O[C@@H]2O[C@H](COC(C)=O)[C@H](OC(C)=O)[C@H](OC(C)=O)[C@H]2OC(C)=O)c1. The monoisotopic (exact) mass is 796 g/mol. The largest absolute Gasteiger partial charge is 0.463 e. The molecule has 2 saturated heterocycles. The molecule has 0 unspecified atom stereocenters. The van der Waals surface area contributed by atoms with E-state index in [0.717, 1.165) is 55.4 Å². The van der Waals surface area contributed by atoms with Crippen LogP contribution in [0.1, 0.15) is 61.0 Å². The molecule has 2 aliphatic rings. The number of hydrogen-bond donors (Lipinski definition) is 0. The van der Waals surface area contributed by atoms with E-state index < -0.39 is 122 Å². The Kier molecular flexibility index (Phi) is 16.1. The zero-order valence-electron chi connectivity index (χ0n) is 31.9. The Labute approximate surface area is 320 Å². The van der Waals surface area contributed by atoms with Crippen molar-refractivity contribution in [2.45, 2.75) is 117 Å². The van der Waals surface area contributed by atoms with Crippen LogP contribution in [0.4, 0.5) is 0 Å². The highest BCUT2D eigenvalue weighted by Gasteiger charge is 2.55. The van der Waals surface area contributed by atoms with E-state index in [1.54, 1.807) is 0 Å². The van der Waals surface area contributed by atoms with E-state index in [1.807, 2.05) is 0 Å². The Morgan fingerprint density at radius 3 is 1.07 bits per heavy atom. The van der Waals surface area contributed by atoms with Crippen molar-refractivity contribution in [3.8, 4) is 11.5 Å². The number of benzene rings is 1. The highest BCUT2D eigenvalue weighted by Crippen LogP contribution is 2.35. The van der Waals surface area contributed by atoms with Gasteiger partial charge < -0.3 is 56.8 Å². The second-order valence-electron chi connectivity index (χ2n) is 12.3. The number of esters is 8. The fourth-order valence-electron chi connectivity index (χ4n) is 5.68. The molecule has 0 amide bonds. The van der Waals surface area contributed by atoms with Crippen LogP contribution in [0.3, 0.4) is 0 Å². The third-order valence-corrected chi connectivity index (χ3v) is 7.54. The van der Waals surface area contributed by atoms with Crippen molar-refractivity contribution in [2.75, 3.05) is 13.2 Å². The molecule has 0 saturated carbocycles. The molecule has 0 N–H and O–H groups in total. The fraction of sp³-hybridized carbons (Fsp3) is 0.556. The number of rotatable bonds is 15. The van der Waals surface area contributed by atoms with Gasteiger partial charge in [0.05, 0.1) is 0 Å². The van der Waals surface area contributed by atoms with Gasteiger partial charge in [-0.2, -0.15) is 0 Å². The van der Waals surface area contributed by atoms with E-state index >= 15 is 0 Å². The standard InChI is InChI=1S/C36H44O20/c1-10-24-11-25(53-35-33(51-22(8)43)31(49-20(6)41)29(47-18(4)39)27(55-35)14-45-16(2)37)13-26(12-24)54-36-34(52-23(9)44)32(50-21(7)42)30(48-19(5)40)28(56-36)15-46-17(3)38/h10-13,27-36H,1,14-15H2,2-9H3/t27-,28-,29+,30+,31+,32+,33-,34-,35-,36-/m1/s1. The lowest BCUT2D eigenvalue weighted by Crippen LogP contribution is -2.63. The maximum atomic E-state index is 12.3. The number of carbonyl (C=O) groups excluding carboxylic acids is 8. The van der Waals surface area contributed by atoms with Crippen molar-refractivity contribution in [2.24, 2.45) is 0 Å². The van der Waals surface area contributed by atoms with Gasteiger partial charge in [-0.25, -0.2) is 0 Å². The molecule has 2 aliphatic heterocycles. The minimum absolute atomic E-state index is 0.0658. The van der Waals surface area contributed by atoms with Crippen LogP contribution in [0.5, 0.6) is 11.5 Å². The molecule has 2 heterocycles. The second kappa shape index (κ2) is 20.2. The van der Waals surface area contributed by atoms with Crippen molar-refractivity contribution < 1.29 is 95.2 Å². The molecule has 10 atom stereocenters. The molecule has 56 heavy (non-hydrogen) atoms. The highest BCUT2D eigenvalue weighted by molar-refractivity contribution is 5.70. The molecule has 2 fully saturated rings. The lowest BCUT2D eigenvalue weighted by Gasteiger charge is -2.44. The van der Waals surface area contributed by atoms with Crippen molar-refractivity contribution in [1.82, 2.24) is 0 Å². The van der Waals surface area contributed by atoms with Crippen LogP contribution in [-0.4, -0.2) is 122 Å². The van der Waals surface area contributed by atoms with Crippen molar-refractivity contribution >= 4 is 53.8 Å². The van der Waals surface area contributed by atoms with Gasteiger partial charge in [-0.3, -0.25) is 38.4 Å². The van der Waals surface area contributed by atoms with Crippen LogP contribution in [0.25, 0.3) is 6.08 Å². The van der Waals surface area contributed by atoms with E-state index in [1.165, 1.54) is 24.3 Å². The lowest BCUT2D eigenvalue weighted by molar-refractivity contribution is -0.289. The number of carbonyl (C=O) groups is 8. The molecule has 20 heteroatoms. The van der Waals surface area contributed by atoms with E-state index in [2.05, 4.69) is 6.58 Å². The van der Waals surface area contributed by atoms with Gasteiger partial charge in [0.1, 0.15) is 36.9 Å². The van der Waals surface area contributed by atoms with Gasteiger partial charge in [0.25, 0.3) is 0 Å². The third-order valence-electron chi connectivity index (χ3n) is 7.54. The van der Waals surface area contributed by atoms with E-state index in [0.29, 0.717) is 5.56 Å². The van der Waals surface area contributed by atoms with Gasteiger partial charge in [0.2, 0.25) is 24.8 Å². The van der Waals surface area contributed by atoms with Crippen LogP contribution in [0.2, 0.25) is 0 Å². The first kappa shape index (κ1) is 44.6. The van der Waals surface area contributed by atoms with E-state index in [-0.39, 0.29) is 11.5 Å². The Bertz CT molecular complexity index is 1540. The number of ether oxygens (including phenoxy) is 12. The summed E-state index contributed by atoms with van der Waals surface area (Å²) in [6.45, 7) is 11.4. The Hall–Kier alpha value is -5.76. The van der Waals surface area contributed by atoms with E-state index in [9.17, 15) is 38.4 Å². The predicted octanol–water partition coefficient (Wildman–Crippen LogP) is 1.25. The van der Waals surface area contributed by atoms with Crippen molar-refractivity contribution in [1.29, 1.82) is 0 Å². The molecule has 308 valence electrons. The van der Waals surface area contributed by atoms with Gasteiger partial charge in [-0.05, 0) is 17.7 Å². The molecule has 0 bridgehead atoms. The zero-order valence-corrected chi connectivity index (χ0v) is 31.9. The van der Waals surface area contributed by atoms with Crippen molar-refractivity contribution in [3.63, 3.8) is 0 Å². The molecule has 0 radical (unpaired) electrons. The summed E-state index contributed by atoms with van der Waals surface area (Å²) >= 11 is 0. The molecule has 0 spiro atoms. The Balaban J connectivity index is 2.10. The molecule has 20 nitrogen and oxygen atoms in total. The third kappa shape index (κ3) is 13.2. The quantitative estimate of drug-likeness (QED) is 0.179. The summed E-state index contributed by atoms with van der Waals surface area (Å²) in [7, 11) is 0. The molecular weight excluding hydrogens is 752 g/mol. The summed E-state index contributed by atoms with van der Waals surface area (Å²) in [6, 6.07) is 4.18. The zero-order chi connectivity index (χ0) is 41.9. The molecule has 3 rings (SSSR count). The Morgan fingerprint density at radius 1 is 0.482 bits per heavy atom. The maximum absolute atomic E-state index is 12.3. The van der Waals surface area contributed by atoms with Gasteiger partial charge in [-0.1, -0.05) is 12.7 Å². The number of hydrogen-bond acceptors (Lipinski definition) is 20. The first-order valence-electron chi connectivity index (χ1n) is 17.0. The summed E-state index contributed by atoms with van der Waals surface area (Å²) < 4.78 is 67.2. The topological polar surface area (TPSA) is 247 Å². The lowest BCUT2D eigenvalue weighted by atomic mass is 9.98. The summed E-state index contributed by atoms with van der Waals surface area (Å²) in [5, 5.41) is 0. The van der Waals surface area contributed by atoms with Crippen LogP contribution < -0.4 is 9.47 Å². The minimum atomic E-state index is -1.63. The first-order chi connectivity index (χ1) is 26.3. The van der Waals surface area contributed by atoms with Crippen LogP contribution >= 0.6 is 0 Å². The van der Waals surface area contributed by atoms with Crippen molar-refractivity contribution in [3.05, 3.63) is 30.3 Å². The van der Waals surface area contributed by atoms with Crippen LogP contribution in [0.15, 0.2) is 24.8 Å². The second-order valence-corrected chi connectivity index (χ2v) is 12.3. The molecule has 0 aliphatic carbocycles. The van der Waals surface area contributed by atoms with Gasteiger partial charge in [-0.15, -0.1) is 0 Å². The van der Waals surface area contributed by atoms with Gasteiger partial charge in [0.15, 0.2) is 24.4 Å². The van der Waals surface area contributed by atoms with Crippen LogP contribution in [0, 0.1) is 0 Å². The highest BCUT2D eigenvalue weighted by atomic mass is 16.8. The van der Waals surface area contributed by atoms with Crippen LogP contribution in [-0.2, 0) is 85.7 Å². The summed E-state index contributed by atoms with van der Waals surface area (Å²) in [5.41, 5.74) is 0.341. The molecule has 1 aromatic carbocycles. The van der Waals surface area contributed by atoms with Gasteiger partial charge in [0, 0.05) is 61.5 Å². The summed E-state index contributed by atoms with van der Waals surface area (Å²) in [4.78, 5) is 96.8. The smallest absolute Gasteiger partial charge is 0.303 e. The predicted molar refractivity (Wildman–Crippen MR) is 182 cm³/mol. The normalized spacial score (nSPS) is 26.9. The molecule has 0 aromatic heterocycles. The van der Waals surface area contributed by atoms with E-state index in [4.69, 9.17) is 56.8 Å². The fourth-order valence-corrected chi connectivity index (χ4v) is 5.68. The first-order valence-corrected chi connectivity index (χ1v) is 17.0. The average molecular weight is 797 g/mol. The Morgan fingerprint density at radius 2 is 0.786 bits per heavy atom. The molecular formula is C36H44O20. The maximum Gasteiger partial charge on any atom is 0.303 e. The average Bonchev–Trinajstić information content (AvgIpc) is 3.07. The summed E-state index contributed by atoms with van der Waals surface area (Å²) in [5.74, 6) is -6.67.